The first-order chi connectivity index (χ1) is 5.22. The molecule has 58 valence electrons. The molecular formula is C6H6N2O2S. The van der Waals surface area contributed by atoms with Crippen LogP contribution in [0.5, 0.6) is 0 Å². The van der Waals surface area contributed by atoms with Gasteiger partial charge >= 0.3 is 0 Å². The number of nitrogens with one attached hydrogen (secondary N) is 1. The summed E-state index contributed by atoms with van der Waals surface area (Å²) in [7, 11) is 0. The molecule has 0 spiro atoms. The number of aldehydes is 1. The number of hydrogen-bond acceptors (Lipinski definition) is 4. The molecule has 0 unspecified atom stereocenters. The van der Waals surface area contributed by atoms with Gasteiger partial charge < -0.3 is 5.32 Å². The van der Waals surface area contributed by atoms with Crippen molar-refractivity contribution < 1.29 is 9.59 Å². The average Bonchev–Trinajstić information content (AvgIpc) is 2.35. The summed E-state index contributed by atoms with van der Waals surface area (Å²) in [5.41, 5.74) is 0.830. The molecule has 0 saturated carbocycles. The number of hydrogen-bond donors (Lipinski definition) is 1. The summed E-state index contributed by atoms with van der Waals surface area (Å²) in [6.45, 7) is 1.81. The molecule has 11 heavy (non-hydrogen) atoms. The molecule has 1 amide bonds. The summed E-state index contributed by atoms with van der Waals surface area (Å²) in [5, 5.41) is 2.96. The van der Waals surface area contributed by atoms with E-state index in [0.29, 0.717) is 5.00 Å². The molecule has 0 atom stereocenters. The van der Waals surface area contributed by atoms with Crippen molar-refractivity contribution in [1.29, 1.82) is 0 Å². The molecule has 4 nitrogen and oxygen atoms in total. The third kappa shape index (κ3) is 2.12. The van der Waals surface area contributed by atoms with E-state index in [9.17, 15) is 9.59 Å². The lowest BCUT2D eigenvalue weighted by Crippen LogP contribution is -2.10. The second-order valence-electron chi connectivity index (χ2n) is 1.94. The molecule has 1 N–H and O–H groups in total. The van der Waals surface area contributed by atoms with E-state index in [1.807, 2.05) is 6.92 Å². The van der Waals surface area contributed by atoms with E-state index in [-0.39, 0.29) is 6.29 Å². The maximum absolute atomic E-state index is 10.5. The third-order valence-corrected chi connectivity index (χ3v) is 1.78. The zero-order valence-corrected chi connectivity index (χ0v) is 6.64. The second-order valence-corrected chi connectivity index (χ2v) is 2.74. The summed E-state index contributed by atoms with van der Waals surface area (Å²) < 4.78 is 3.91. The highest BCUT2D eigenvalue weighted by Gasteiger charge is 2.01. The minimum absolute atomic E-state index is 0.231. The lowest BCUT2D eigenvalue weighted by molar-refractivity contribution is -0.127. The molecule has 1 aromatic heterocycles. The van der Waals surface area contributed by atoms with Gasteiger partial charge in [-0.2, -0.15) is 4.37 Å². The van der Waals surface area contributed by atoms with Gasteiger partial charge in [-0.15, -0.1) is 0 Å². The van der Waals surface area contributed by atoms with Crippen molar-refractivity contribution in [1.82, 2.24) is 4.37 Å². The topological polar surface area (TPSA) is 59.1 Å². The van der Waals surface area contributed by atoms with Crippen molar-refractivity contribution in [2.45, 2.75) is 6.92 Å². The number of rotatable bonds is 2. The Labute approximate surface area is 67.4 Å². The Morgan fingerprint density at radius 2 is 2.55 bits per heavy atom. The molecule has 1 rings (SSSR count). The van der Waals surface area contributed by atoms with Gasteiger partial charge in [0, 0.05) is 0 Å². The van der Waals surface area contributed by atoms with Crippen LogP contribution in [-0.2, 0) is 9.59 Å². The monoisotopic (exact) mass is 170 g/mol. The molecule has 0 fully saturated rings. The van der Waals surface area contributed by atoms with Crippen LogP contribution in [0.15, 0.2) is 6.07 Å². The Kier molecular flexibility index (Phi) is 2.32. The van der Waals surface area contributed by atoms with Crippen LogP contribution in [0.1, 0.15) is 5.69 Å². The quantitative estimate of drug-likeness (QED) is 0.522. The fourth-order valence-corrected chi connectivity index (χ4v) is 1.24. The largest absolute Gasteiger partial charge is 0.310 e. The number of carbonyl (C=O) groups excluding carboxylic acids is 2. The van der Waals surface area contributed by atoms with Crippen molar-refractivity contribution in [2.75, 3.05) is 5.32 Å². The third-order valence-electron chi connectivity index (χ3n) is 0.981. The highest BCUT2D eigenvalue weighted by Crippen LogP contribution is 2.14. The van der Waals surface area contributed by atoms with E-state index >= 15 is 0 Å². The Morgan fingerprint density at radius 3 is 3.00 bits per heavy atom. The van der Waals surface area contributed by atoms with Crippen molar-refractivity contribution >= 4 is 28.7 Å². The van der Waals surface area contributed by atoms with Crippen LogP contribution in [0.3, 0.4) is 0 Å². The maximum atomic E-state index is 10.5. The highest BCUT2D eigenvalue weighted by molar-refractivity contribution is 7.10. The van der Waals surface area contributed by atoms with Crippen LogP contribution >= 0.6 is 11.5 Å². The van der Waals surface area contributed by atoms with E-state index in [2.05, 4.69) is 9.69 Å². The van der Waals surface area contributed by atoms with E-state index in [0.717, 1.165) is 17.2 Å². The van der Waals surface area contributed by atoms with Gasteiger partial charge in [0.05, 0.1) is 5.69 Å². The molecule has 1 aromatic rings. The van der Waals surface area contributed by atoms with Crippen LogP contribution < -0.4 is 5.32 Å². The molecular weight excluding hydrogens is 164 g/mol. The van der Waals surface area contributed by atoms with Crippen molar-refractivity contribution in [3.05, 3.63) is 11.8 Å². The van der Waals surface area contributed by atoms with Gasteiger partial charge in [0.25, 0.3) is 5.91 Å². The van der Waals surface area contributed by atoms with E-state index < -0.39 is 5.91 Å². The second kappa shape index (κ2) is 3.25. The summed E-state index contributed by atoms with van der Waals surface area (Å²) in [6.07, 6.45) is 0.231. The minimum Gasteiger partial charge on any atom is -0.310 e. The predicted octanol–water partition coefficient (Wildman–Crippen LogP) is 0.589. The Morgan fingerprint density at radius 1 is 1.82 bits per heavy atom. The van der Waals surface area contributed by atoms with Gasteiger partial charge in [0.1, 0.15) is 5.00 Å². The summed E-state index contributed by atoms with van der Waals surface area (Å²) >= 11 is 1.15. The number of carbonyl (C=O) groups is 2. The fourth-order valence-electron chi connectivity index (χ4n) is 0.573. The predicted molar refractivity (Wildman–Crippen MR) is 41.5 cm³/mol. The van der Waals surface area contributed by atoms with Crippen LogP contribution in [-0.4, -0.2) is 16.6 Å². The molecule has 1 heterocycles. The summed E-state index contributed by atoms with van der Waals surface area (Å²) in [6, 6.07) is 1.70. The van der Waals surface area contributed by atoms with E-state index in [4.69, 9.17) is 0 Å². The smallest absolute Gasteiger partial charge is 0.289 e. The van der Waals surface area contributed by atoms with Crippen molar-refractivity contribution in [3.63, 3.8) is 0 Å². The van der Waals surface area contributed by atoms with Gasteiger partial charge in [-0.25, -0.2) is 0 Å². The number of aryl methyl sites for hydroxylation is 1. The number of nitrogens with zero attached hydrogens (tertiary/aromatic N) is 1. The fraction of sp³-hybridized carbons (Fsp3) is 0.167. The van der Waals surface area contributed by atoms with Gasteiger partial charge in [0.2, 0.25) is 6.29 Å². The first-order valence-electron chi connectivity index (χ1n) is 2.92. The Bertz CT molecular complexity index is 282. The molecule has 0 aliphatic heterocycles. The maximum Gasteiger partial charge on any atom is 0.289 e. The number of amides is 1. The zero-order valence-electron chi connectivity index (χ0n) is 5.83. The molecule has 0 aliphatic rings. The zero-order chi connectivity index (χ0) is 8.27. The van der Waals surface area contributed by atoms with E-state index in [1.165, 1.54) is 0 Å². The summed E-state index contributed by atoms with van der Waals surface area (Å²) in [4.78, 5) is 20.4. The molecule has 0 radical (unpaired) electrons. The molecule has 0 aromatic carbocycles. The van der Waals surface area contributed by atoms with E-state index in [1.54, 1.807) is 6.07 Å². The van der Waals surface area contributed by atoms with Gasteiger partial charge in [-0.05, 0) is 24.5 Å². The number of aromatic nitrogens is 1. The Balaban J connectivity index is 2.64. The SMILES string of the molecule is Cc1cc(NC(=O)C=O)sn1. The van der Waals surface area contributed by atoms with Crippen LogP contribution in [0.4, 0.5) is 5.00 Å². The first-order valence-corrected chi connectivity index (χ1v) is 3.69. The van der Waals surface area contributed by atoms with Gasteiger partial charge in [-0.1, -0.05) is 0 Å². The first kappa shape index (κ1) is 7.87. The highest BCUT2D eigenvalue weighted by atomic mass is 32.1. The van der Waals surface area contributed by atoms with Crippen LogP contribution in [0, 0.1) is 6.92 Å². The van der Waals surface area contributed by atoms with Gasteiger partial charge in [-0.3, -0.25) is 9.59 Å². The molecule has 0 saturated heterocycles. The lowest BCUT2D eigenvalue weighted by Gasteiger charge is -1.90. The Hall–Kier alpha value is -1.23. The van der Waals surface area contributed by atoms with Crippen LogP contribution in [0.25, 0.3) is 0 Å². The number of anilines is 1. The standard InChI is InChI=1S/C6H6N2O2S/c1-4-2-6(11-8-4)7-5(10)3-9/h2-3H,1H3,(H,7,10). The molecule has 0 aliphatic carbocycles. The minimum atomic E-state index is -0.645. The lowest BCUT2D eigenvalue weighted by atomic mass is 10.5. The average molecular weight is 170 g/mol. The molecule has 5 heteroatoms. The summed E-state index contributed by atoms with van der Waals surface area (Å²) in [5.74, 6) is -0.645. The van der Waals surface area contributed by atoms with Gasteiger partial charge in [0.15, 0.2) is 0 Å². The van der Waals surface area contributed by atoms with Crippen molar-refractivity contribution in [3.8, 4) is 0 Å². The molecule has 0 bridgehead atoms. The van der Waals surface area contributed by atoms with Crippen molar-refractivity contribution in [2.24, 2.45) is 0 Å². The normalized spacial score (nSPS) is 9.18. The van der Waals surface area contributed by atoms with Crippen LogP contribution in [0.2, 0.25) is 0 Å².